The molecule has 2 rings (SSSR count). The molecule has 1 aromatic heterocycles. The van der Waals surface area contributed by atoms with Gasteiger partial charge in [0.2, 0.25) is 0 Å². The zero-order chi connectivity index (χ0) is 12.3. The third kappa shape index (κ3) is 2.58. The van der Waals surface area contributed by atoms with Crippen LogP contribution in [-0.4, -0.2) is 4.98 Å². The van der Waals surface area contributed by atoms with Crippen molar-refractivity contribution in [1.29, 1.82) is 5.26 Å². The summed E-state index contributed by atoms with van der Waals surface area (Å²) in [5.74, 6) is 0. The van der Waals surface area contributed by atoms with E-state index in [1.165, 1.54) is 0 Å². The van der Waals surface area contributed by atoms with Crippen LogP contribution < -0.4 is 0 Å². The largest absolute Gasteiger partial charge is 0.260 e. The molecular formula is C13H8Cl2N2. The molecule has 4 heteroatoms. The van der Waals surface area contributed by atoms with Crippen LogP contribution in [0.15, 0.2) is 36.5 Å². The second-order valence-corrected chi connectivity index (χ2v) is 4.26. The summed E-state index contributed by atoms with van der Waals surface area (Å²) < 4.78 is 0. The first-order valence-electron chi connectivity index (χ1n) is 4.98. The third-order valence-corrected chi connectivity index (χ3v) is 3.16. The maximum absolute atomic E-state index is 8.64. The Morgan fingerprint density at radius 2 is 2.06 bits per heavy atom. The van der Waals surface area contributed by atoms with Gasteiger partial charge in [-0.2, -0.15) is 5.26 Å². The van der Waals surface area contributed by atoms with E-state index >= 15 is 0 Å². The summed E-state index contributed by atoms with van der Waals surface area (Å²) in [5, 5.41) is 9.68. The number of pyridine rings is 1. The van der Waals surface area contributed by atoms with E-state index in [1.807, 2.05) is 24.3 Å². The summed E-state index contributed by atoms with van der Waals surface area (Å²) in [7, 11) is 0. The molecule has 0 radical (unpaired) electrons. The van der Waals surface area contributed by atoms with Gasteiger partial charge in [-0.3, -0.25) is 4.98 Å². The van der Waals surface area contributed by atoms with E-state index in [0.29, 0.717) is 10.0 Å². The van der Waals surface area contributed by atoms with Gasteiger partial charge in [-0.15, -0.1) is 0 Å². The van der Waals surface area contributed by atoms with Crippen molar-refractivity contribution in [2.24, 2.45) is 0 Å². The van der Waals surface area contributed by atoms with Gasteiger partial charge in [-0.25, -0.2) is 0 Å². The zero-order valence-corrected chi connectivity index (χ0v) is 10.3. The van der Waals surface area contributed by atoms with E-state index in [-0.39, 0.29) is 6.42 Å². The predicted octanol–water partition coefficient (Wildman–Crippen LogP) is 4.12. The molecule has 0 aliphatic carbocycles. The van der Waals surface area contributed by atoms with Gasteiger partial charge < -0.3 is 0 Å². The second-order valence-electron chi connectivity index (χ2n) is 3.47. The van der Waals surface area contributed by atoms with E-state index in [9.17, 15) is 0 Å². The smallest absolute Gasteiger partial charge is 0.0774 e. The van der Waals surface area contributed by atoms with Gasteiger partial charge in [0.1, 0.15) is 0 Å². The summed E-state index contributed by atoms with van der Waals surface area (Å²) in [6.45, 7) is 0. The van der Waals surface area contributed by atoms with Gasteiger partial charge in [-0.1, -0.05) is 35.3 Å². The molecule has 84 valence electrons. The van der Waals surface area contributed by atoms with E-state index in [0.717, 1.165) is 16.8 Å². The number of nitrogens with zero attached hydrogens (tertiary/aromatic N) is 2. The van der Waals surface area contributed by atoms with Crippen LogP contribution in [0.3, 0.4) is 0 Å². The Kier molecular flexibility index (Phi) is 3.63. The molecule has 0 bridgehead atoms. The molecule has 0 saturated carbocycles. The monoisotopic (exact) mass is 262 g/mol. The third-order valence-electron chi connectivity index (χ3n) is 2.34. The molecule has 2 aromatic rings. The van der Waals surface area contributed by atoms with Crippen LogP contribution in [0, 0.1) is 11.3 Å². The van der Waals surface area contributed by atoms with Crippen molar-refractivity contribution in [3.63, 3.8) is 0 Å². The Bertz CT molecular complexity index is 588. The summed E-state index contributed by atoms with van der Waals surface area (Å²) in [5.41, 5.74) is 2.49. The van der Waals surface area contributed by atoms with Gasteiger partial charge in [-0.05, 0) is 23.8 Å². The lowest BCUT2D eigenvalue weighted by Crippen LogP contribution is -1.89. The first-order valence-corrected chi connectivity index (χ1v) is 5.74. The van der Waals surface area contributed by atoms with E-state index in [4.69, 9.17) is 28.5 Å². The van der Waals surface area contributed by atoms with Crippen molar-refractivity contribution < 1.29 is 0 Å². The number of hydrogen-bond donors (Lipinski definition) is 0. The number of benzene rings is 1. The van der Waals surface area contributed by atoms with Gasteiger partial charge in [0.05, 0.1) is 28.2 Å². The number of halogens is 2. The van der Waals surface area contributed by atoms with Gasteiger partial charge in [0, 0.05) is 11.8 Å². The lowest BCUT2D eigenvalue weighted by molar-refractivity contribution is 1.12. The van der Waals surface area contributed by atoms with E-state index in [2.05, 4.69) is 11.1 Å². The number of aromatic nitrogens is 1. The minimum absolute atomic E-state index is 0.284. The van der Waals surface area contributed by atoms with Crippen LogP contribution >= 0.6 is 23.2 Å². The maximum Gasteiger partial charge on any atom is 0.0774 e. The standard InChI is InChI=1S/C13H8Cl2N2/c14-12-3-1-2-11(13(12)15)9-5-7-17-10(8-9)4-6-16/h1-3,5,7-8H,4H2. The molecule has 0 aliphatic rings. The molecular weight excluding hydrogens is 255 g/mol. The number of rotatable bonds is 2. The van der Waals surface area contributed by atoms with Crippen LogP contribution in [0.1, 0.15) is 5.69 Å². The summed E-state index contributed by atoms with van der Waals surface area (Å²) in [6.07, 6.45) is 1.95. The van der Waals surface area contributed by atoms with Gasteiger partial charge >= 0.3 is 0 Å². The first kappa shape index (κ1) is 11.9. The van der Waals surface area contributed by atoms with Crippen LogP contribution in [0.25, 0.3) is 11.1 Å². The predicted molar refractivity (Wildman–Crippen MR) is 69.0 cm³/mol. The average Bonchev–Trinajstić information content (AvgIpc) is 2.33. The van der Waals surface area contributed by atoms with E-state index < -0.39 is 0 Å². The van der Waals surface area contributed by atoms with Crippen molar-refractivity contribution in [2.75, 3.05) is 0 Å². The average molecular weight is 263 g/mol. The molecule has 0 amide bonds. The highest BCUT2D eigenvalue weighted by atomic mass is 35.5. The Balaban J connectivity index is 2.50. The first-order chi connectivity index (χ1) is 8.22. The van der Waals surface area contributed by atoms with Crippen molar-refractivity contribution in [1.82, 2.24) is 4.98 Å². The molecule has 0 fully saturated rings. The summed E-state index contributed by atoms with van der Waals surface area (Å²) in [6, 6.07) is 11.2. The minimum atomic E-state index is 0.284. The molecule has 0 aliphatic heterocycles. The molecule has 0 N–H and O–H groups in total. The molecule has 0 saturated heterocycles. The van der Waals surface area contributed by atoms with Gasteiger partial charge in [0.15, 0.2) is 0 Å². The molecule has 0 unspecified atom stereocenters. The topological polar surface area (TPSA) is 36.7 Å². The molecule has 17 heavy (non-hydrogen) atoms. The molecule has 0 spiro atoms. The maximum atomic E-state index is 8.64. The van der Waals surface area contributed by atoms with Crippen molar-refractivity contribution in [3.8, 4) is 17.2 Å². The molecule has 2 nitrogen and oxygen atoms in total. The fourth-order valence-electron chi connectivity index (χ4n) is 1.55. The minimum Gasteiger partial charge on any atom is -0.260 e. The summed E-state index contributed by atoms with van der Waals surface area (Å²) in [4.78, 5) is 4.11. The van der Waals surface area contributed by atoms with Crippen LogP contribution in [-0.2, 0) is 6.42 Å². The quantitative estimate of drug-likeness (QED) is 0.817. The molecule has 1 heterocycles. The fraction of sp³-hybridized carbons (Fsp3) is 0.0769. The fourth-order valence-corrected chi connectivity index (χ4v) is 1.96. The highest BCUT2D eigenvalue weighted by Crippen LogP contribution is 2.33. The molecule has 1 aromatic carbocycles. The molecule has 0 atom stereocenters. The zero-order valence-electron chi connectivity index (χ0n) is 8.82. The summed E-state index contributed by atoms with van der Waals surface area (Å²) >= 11 is 12.1. The normalized spacial score (nSPS) is 9.94. The number of hydrogen-bond acceptors (Lipinski definition) is 2. The second kappa shape index (κ2) is 5.18. The lowest BCUT2D eigenvalue weighted by atomic mass is 10.1. The van der Waals surface area contributed by atoms with Crippen molar-refractivity contribution >= 4 is 23.2 Å². The SMILES string of the molecule is N#CCc1cc(-c2cccc(Cl)c2Cl)ccn1. The van der Waals surface area contributed by atoms with Crippen LogP contribution in [0.2, 0.25) is 10.0 Å². The Hall–Kier alpha value is -1.56. The van der Waals surface area contributed by atoms with E-state index in [1.54, 1.807) is 12.3 Å². The Morgan fingerprint density at radius 3 is 2.82 bits per heavy atom. The van der Waals surface area contributed by atoms with Crippen LogP contribution in [0.4, 0.5) is 0 Å². The van der Waals surface area contributed by atoms with Gasteiger partial charge in [0.25, 0.3) is 0 Å². The highest BCUT2D eigenvalue weighted by molar-refractivity contribution is 6.43. The lowest BCUT2D eigenvalue weighted by Gasteiger charge is -2.06. The number of nitriles is 1. The Labute approximate surface area is 109 Å². The highest BCUT2D eigenvalue weighted by Gasteiger charge is 2.07. The Morgan fingerprint density at radius 1 is 1.24 bits per heavy atom. The van der Waals surface area contributed by atoms with Crippen molar-refractivity contribution in [3.05, 3.63) is 52.3 Å². The van der Waals surface area contributed by atoms with Crippen LogP contribution in [0.5, 0.6) is 0 Å². The van der Waals surface area contributed by atoms with Crippen molar-refractivity contribution in [2.45, 2.75) is 6.42 Å².